The molecule has 2 aliphatic rings. The standard InChI is InChI=1S/C13H17N3O2S/c17-11-5-4-9(15-11)13(18)16-7-2-1-3-10(16)12-14-6-8-19-12/h6,8-10H,1-5,7H2,(H,15,17)/t9-,10+/m1/s1. The Kier molecular flexibility index (Phi) is 3.50. The van der Waals surface area contributed by atoms with E-state index in [0.717, 1.165) is 30.8 Å². The molecule has 102 valence electrons. The zero-order valence-electron chi connectivity index (χ0n) is 10.7. The summed E-state index contributed by atoms with van der Waals surface area (Å²) in [5, 5.41) is 5.73. The van der Waals surface area contributed by atoms with Gasteiger partial charge in [-0.05, 0) is 25.7 Å². The predicted octanol–water partition coefficient (Wildman–Crippen LogP) is 1.48. The largest absolute Gasteiger partial charge is 0.344 e. The summed E-state index contributed by atoms with van der Waals surface area (Å²) in [5.41, 5.74) is 0. The molecule has 0 bridgehead atoms. The number of nitrogens with one attached hydrogen (secondary N) is 1. The minimum Gasteiger partial charge on any atom is -0.344 e. The number of hydrogen-bond donors (Lipinski definition) is 1. The molecule has 0 radical (unpaired) electrons. The van der Waals surface area contributed by atoms with Crippen molar-refractivity contribution in [2.24, 2.45) is 0 Å². The van der Waals surface area contributed by atoms with E-state index in [4.69, 9.17) is 0 Å². The van der Waals surface area contributed by atoms with E-state index in [2.05, 4.69) is 10.3 Å². The second-order valence-electron chi connectivity index (χ2n) is 5.07. The number of hydrogen-bond acceptors (Lipinski definition) is 4. The first-order chi connectivity index (χ1) is 9.25. The molecule has 0 saturated carbocycles. The van der Waals surface area contributed by atoms with Crippen LogP contribution in [0.1, 0.15) is 43.2 Å². The van der Waals surface area contributed by atoms with Gasteiger partial charge in [0.1, 0.15) is 11.0 Å². The molecule has 2 amide bonds. The molecule has 2 fully saturated rings. The first kappa shape index (κ1) is 12.6. The van der Waals surface area contributed by atoms with Gasteiger partial charge in [0.2, 0.25) is 11.8 Å². The Morgan fingerprint density at radius 1 is 1.42 bits per heavy atom. The van der Waals surface area contributed by atoms with Crippen molar-refractivity contribution in [2.45, 2.75) is 44.2 Å². The van der Waals surface area contributed by atoms with Crippen LogP contribution in [-0.4, -0.2) is 34.3 Å². The highest BCUT2D eigenvalue weighted by atomic mass is 32.1. The summed E-state index contributed by atoms with van der Waals surface area (Å²) in [6, 6.07) is -0.230. The summed E-state index contributed by atoms with van der Waals surface area (Å²) in [5.74, 6) is 0.0481. The second-order valence-corrected chi connectivity index (χ2v) is 6.00. The fraction of sp³-hybridized carbons (Fsp3) is 0.615. The van der Waals surface area contributed by atoms with Gasteiger partial charge in [-0.1, -0.05) is 0 Å². The monoisotopic (exact) mass is 279 g/mol. The lowest BCUT2D eigenvalue weighted by Gasteiger charge is -2.36. The molecule has 2 atom stereocenters. The molecule has 0 unspecified atom stereocenters. The fourth-order valence-corrected chi connectivity index (χ4v) is 3.64. The van der Waals surface area contributed by atoms with Crippen LogP contribution >= 0.6 is 11.3 Å². The van der Waals surface area contributed by atoms with E-state index in [1.165, 1.54) is 0 Å². The molecule has 0 aliphatic carbocycles. The zero-order valence-corrected chi connectivity index (χ0v) is 11.5. The molecular formula is C13H17N3O2S. The van der Waals surface area contributed by atoms with E-state index in [1.54, 1.807) is 17.5 Å². The Hall–Kier alpha value is -1.43. The lowest BCUT2D eigenvalue weighted by Crippen LogP contribution is -2.47. The van der Waals surface area contributed by atoms with Gasteiger partial charge in [-0.3, -0.25) is 9.59 Å². The number of rotatable bonds is 2. The van der Waals surface area contributed by atoms with Crippen LogP contribution in [0.15, 0.2) is 11.6 Å². The van der Waals surface area contributed by atoms with Gasteiger partial charge in [0.15, 0.2) is 0 Å². The van der Waals surface area contributed by atoms with Gasteiger partial charge >= 0.3 is 0 Å². The Morgan fingerprint density at radius 3 is 3.00 bits per heavy atom. The molecule has 5 nitrogen and oxygen atoms in total. The van der Waals surface area contributed by atoms with Gasteiger partial charge in [-0.25, -0.2) is 4.98 Å². The number of thiazole rings is 1. The molecule has 6 heteroatoms. The van der Waals surface area contributed by atoms with E-state index in [0.29, 0.717) is 12.8 Å². The van der Waals surface area contributed by atoms with Crippen molar-refractivity contribution in [3.05, 3.63) is 16.6 Å². The highest BCUT2D eigenvalue weighted by molar-refractivity contribution is 7.09. The summed E-state index contributed by atoms with van der Waals surface area (Å²) in [6.45, 7) is 0.773. The van der Waals surface area contributed by atoms with Gasteiger partial charge in [0, 0.05) is 24.5 Å². The minimum atomic E-state index is -0.326. The molecular weight excluding hydrogens is 262 g/mol. The molecule has 2 aliphatic heterocycles. The smallest absolute Gasteiger partial charge is 0.245 e. The third kappa shape index (κ3) is 2.49. The van der Waals surface area contributed by atoms with Crippen molar-refractivity contribution in [3.63, 3.8) is 0 Å². The summed E-state index contributed by atoms with van der Waals surface area (Å²) < 4.78 is 0. The lowest BCUT2D eigenvalue weighted by molar-refractivity contribution is -0.138. The summed E-state index contributed by atoms with van der Waals surface area (Å²) in [7, 11) is 0. The van der Waals surface area contributed by atoms with Crippen LogP contribution in [0.4, 0.5) is 0 Å². The van der Waals surface area contributed by atoms with Gasteiger partial charge in [0.25, 0.3) is 0 Å². The Balaban J connectivity index is 1.76. The molecule has 3 heterocycles. The van der Waals surface area contributed by atoms with Crippen molar-refractivity contribution < 1.29 is 9.59 Å². The van der Waals surface area contributed by atoms with Gasteiger partial charge in [0.05, 0.1) is 6.04 Å². The van der Waals surface area contributed by atoms with Crippen molar-refractivity contribution in [1.29, 1.82) is 0 Å². The number of amides is 2. The number of likely N-dealkylation sites (tertiary alicyclic amines) is 1. The normalized spacial score (nSPS) is 27.4. The molecule has 19 heavy (non-hydrogen) atoms. The highest BCUT2D eigenvalue weighted by Gasteiger charge is 2.36. The fourth-order valence-electron chi connectivity index (χ4n) is 2.85. The maximum absolute atomic E-state index is 12.5. The Labute approximate surface area is 116 Å². The van der Waals surface area contributed by atoms with Crippen LogP contribution in [0.2, 0.25) is 0 Å². The maximum Gasteiger partial charge on any atom is 0.245 e. The minimum absolute atomic E-state index is 0.0128. The topological polar surface area (TPSA) is 62.3 Å². The first-order valence-electron chi connectivity index (χ1n) is 6.75. The molecule has 2 saturated heterocycles. The van der Waals surface area contributed by atoms with E-state index >= 15 is 0 Å². The summed E-state index contributed by atoms with van der Waals surface area (Å²) >= 11 is 1.60. The zero-order chi connectivity index (χ0) is 13.2. The van der Waals surface area contributed by atoms with Crippen LogP contribution in [0.3, 0.4) is 0 Å². The number of aromatic nitrogens is 1. The average Bonchev–Trinajstić information content (AvgIpc) is 3.09. The summed E-state index contributed by atoms with van der Waals surface area (Å²) in [4.78, 5) is 30.1. The van der Waals surface area contributed by atoms with Crippen LogP contribution in [0.25, 0.3) is 0 Å². The quantitative estimate of drug-likeness (QED) is 0.892. The van der Waals surface area contributed by atoms with Crippen molar-refractivity contribution in [2.75, 3.05) is 6.54 Å². The van der Waals surface area contributed by atoms with Crippen LogP contribution in [0.5, 0.6) is 0 Å². The number of carbonyl (C=O) groups is 2. The predicted molar refractivity (Wildman–Crippen MR) is 71.6 cm³/mol. The number of nitrogens with zero attached hydrogens (tertiary/aromatic N) is 2. The molecule has 1 aromatic heterocycles. The third-order valence-corrected chi connectivity index (χ3v) is 4.69. The van der Waals surface area contributed by atoms with Crippen molar-refractivity contribution in [1.82, 2.24) is 15.2 Å². The lowest BCUT2D eigenvalue weighted by atomic mass is 10.0. The second kappa shape index (κ2) is 5.28. The van der Waals surface area contributed by atoms with Crippen LogP contribution in [-0.2, 0) is 9.59 Å². The molecule has 1 aromatic rings. The maximum atomic E-state index is 12.5. The molecule has 3 rings (SSSR count). The number of piperidine rings is 1. The SMILES string of the molecule is O=C1CC[C@H](C(=O)N2CCCC[C@H]2c2nccs2)N1. The van der Waals surface area contributed by atoms with Crippen LogP contribution in [0, 0.1) is 0 Å². The van der Waals surface area contributed by atoms with Gasteiger partial charge < -0.3 is 10.2 Å². The van der Waals surface area contributed by atoms with E-state index in [-0.39, 0.29) is 23.9 Å². The highest BCUT2D eigenvalue weighted by Crippen LogP contribution is 2.33. The van der Waals surface area contributed by atoms with E-state index in [9.17, 15) is 9.59 Å². The molecule has 1 N–H and O–H groups in total. The Morgan fingerprint density at radius 2 is 2.32 bits per heavy atom. The van der Waals surface area contributed by atoms with Gasteiger partial charge in [-0.15, -0.1) is 11.3 Å². The van der Waals surface area contributed by atoms with Crippen molar-refractivity contribution >= 4 is 23.2 Å². The number of carbonyl (C=O) groups excluding carboxylic acids is 2. The first-order valence-corrected chi connectivity index (χ1v) is 7.63. The van der Waals surface area contributed by atoms with Crippen molar-refractivity contribution in [3.8, 4) is 0 Å². The van der Waals surface area contributed by atoms with E-state index < -0.39 is 0 Å². The summed E-state index contributed by atoms with van der Waals surface area (Å²) in [6.07, 6.45) is 6.01. The van der Waals surface area contributed by atoms with Gasteiger partial charge in [-0.2, -0.15) is 0 Å². The molecule has 0 aromatic carbocycles. The molecule has 0 spiro atoms. The average molecular weight is 279 g/mol. The Bertz CT molecular complexity index is 474. The third-order valence-electron chi connectivity index (χ3n) is 3.82. The van der Waals surface area contributed by atoms with Crippen LogP contribution < -0.4 is 5.32 Å². The van der Waals surface area contributed by atoms with E-state index in [1.807, 2.05) is 10.3 Å².